The van der Waals surface area contributed by atoms with E-state index in [0.29, 0.717) is 6.04 Å². The molecule has 1 unspecified atom stereocenters. The molecule has 1 atom stereocenters. The van der Waals surface area contributed by atoms with Crippen LogP contribution in [0.3, 0.4) is 0 Å². The van der Waals surface area contributed by atoms with Gasteiger partial charge in [0, 0.05) is 12.6 Å². The van der Waals surface area contributed by atoms with E-state index in [0.717, 1.165) is 6.54 Å². The molecule has 1 aromatic carbocycles. The molecule has 70 valence electrons. The van der Waals surface area contributed by atoms with Gasteiger partial charge in [0.15, 0.2) is 0 Å². The Morgan fingerprint density at radius 3 is 3.00 bits per heavy atom. The molecule has 13 heavy (non-hydrogen) atoms. The molecule has 1 aliphatic rings. The molecule has 0 saturated carbocycles. The molecule has 0 bridgehead atoms. The lowest BCUT2D eigenvalue weighted by Crippen LogP contribution is -2.23. The summed E-state index contributed by atoms with van der Waals surface area (Å²) in [5.74, 6) is 0. The van der Waals surface area contributed by atoms with Crippen LogP contribution in [-0.4, -0.2) is 6.04 Å². The van der Waals surface area contributed by atoms with E-state index in [-0.39, 0.29) is 0 Å². The zero-order valence-electron chi connectivity index (χ0n) is 8.43. The maximum absolute atomic E-state index is 3.53. The molecule has 0 radical (unpaired) electrons. The second-order valence-corrected chi connectivity index (χ2v) is 4.09. The lowest BCUT2D eigenvalue weighted by Gasteiger charge is -2.07. The molecule has 1 heteroatoms. The SMILES string of the molecule is Cc1ccc2c(c1)CNC(C)CC2. The van der Waals surface area contributed by atoms with Crippen LogP contribution >= 0.6 is 0 Å². The highest BCUT2D eigenvalue weighted by molar-refractivity contribution is 5.32. The Morgan fingerprint density at radius 1 is 1.31 bits per heavy atom. The molecule has 0 fully saturated rings. The summed E-state index contributed by atoms with van der Waals surface area (Å²) in [6.45, 7) is 5.46. The monoisotopic (exact) mass is 175 g/mol. The van der Waals surface area contributed by atoms with Crippen LogP contribution in [0.1, 0.15) is 30.0 Å². The van der Waals surface area contributed by atoms with Gasteiger partial charge in [0.1, 0.15) is 0 Å². The molecule has 1 nitrogen and oxygen atoms in total. The van der Waals surface area contributed by atoms with E-state index >= 15 is 0 Å². The van der Waals surface area contributed by atoms with Gasteiger partial charge in [0.25, 0.3) is 0 Å². The molecule has 0 spiro atoms. The Balaban J connectivity index is 2.30. The molecule has 1 N–H and O–H groups in total. The maximum Gasteiger partial charge on any atom is 0.0210 e. The van der Waals surface area contributed by atoms with Crippen LogP contribution in [0.5, 0.6) is 0 Å². The zero-order valence-corrected chi connectivity index (χ0v) is 8.43. The van der Waals surface area contributed by atoms with Crippen molar-refractivity contribution >= 4 is 0 Å². The highest BCUT2D eigenvalue weighted by Gasteiger charge is 2.11. The fourth-order valence-corrected chi connectivity index (χ4v) is 1.92. The molecule has 0 aliphatic carbocycles. The highest BCUT2D eigenvalue weighted by atomic mass is 14.9. The van der Waals surface area contributed by atoms with Gasteiger partial charge in [0.2, 0.25) is 0 Å². The fourth-order valence-electron chi connectivity index (χ4n) is 1.92. The van der Waals surface area contributed by atoms with Crippen LogP contribution in [0.2, 0.25) is 0 Å². The predicted octanol–water partition coefficient (Wildman–Crippen LogP) is 2.42. The summed E-state index contributed by atoms with van der Waals surface area (Å²) in [6.07, 6.45) is 2.49. The van der Waals surface area contributed by atoms with Crippen molar-refractivity contribution in [1.29, 1.82) is 0 Å². The van der Waals surface area contributed by atoms with Crippen molar-refractivity contribution in [2.75, 3.05) is 0 Å². The minimum absolute atomic E-state index is 0.660. The third-order valence-corrected chi connectivity index (χ3v) is 2.85. The van der Waals surface area contributed by atoms with Crippen molar-refractivity contribution in [3.8, 4) is 0 Å². The first-order valence-corrected chi connectivity index (χ1v) is 5.07. The largest absolute Gasteiger partial charge is 0.310 e. The molecule has 2 rings (SSSR count). The third-order valence-electron chi connectivity index (χ3n) is 2.85. The first kappa shape index (κ1) is 8.76. The number of hydrogen-bond donors (Lipinski definition) is 1. The van der Waals surface area contributed by atoms with Crippen LogP contribution in [0.25, 0.3) is 0 Å². The Kier molecular flexibility index (Phi) is 2.36. The van der Waals surface area contributed by atoms with E-state index in [2.05, 4.69) is 37.4 Å². The lowest BCUT2D eigenvalue weighted by atomic mass is 10.0. The topological polar surface area (TPSA) is 12.0 Å². The van der Waals surface area contributed by atoms with Crippen LogP contribution in [0.15, 0.2) is 18.2 Å². The third kappa shape index (κ3) is 1.92. The van der Waals surface area contributed by atoms with E-state index in [1.807, 2.05) is 0 Å². The predicted molar refractivity (Wildman–Crippen MR) is 55.8 cm³/mol. The van der Waals surface area contributed by atoms with Crippen molar-refractivity contribution in [3.05, 3.63) is 34.9 Å². The molecule has 0 saturated heterocycles. The molecular formula is C12H17N. The number of benzene rings is 1. The Labute approximate surface area is 80.2 Å². The average Bonchev–Trinajstić information content (AvgIpc) is 2.29. The first-order valence-electron chi connectivity index (χ1n) is 5.07. The number of nitrogens with one attached hydrogen (secondary N) is 1. The van der Waals surface area contributed by atoms with E-state index in [1.54, 1.807) is 0 Å². The van der Waals surface area contributed by atoms with Gasteiger partial charge >= 0.3 is 0 Å². The van der Waals surface area contributed by atoms with Crippen LogP contribution in [-0.2, 0) is 13.0 Å². The minimum Gasteiger partial charge on any atom is -0.310 e. The molecule has 0 amide bonds. The van der Waals surface area contributed by atoms with Crippen molar-refractivity contribution in [2.24, 2.45) is 0 Å². The highest BCUT2D eigenvalue weighted by Crippen LogP contribution is 2.17. The summed E-state index contributed by atoms with van der Waals surface area (Å²) in [5, 5.41) is 3.53. The van der Waals surface area contributed by atoms with Crippen LogP contribution in [0.4, 0.5) is 0 Å². The summed E-state index contributed by atoms with van der Waals surface area (Å²) in [7, 11) is 0. The quantitative estimate of drug-likeness (QED) is 0.638. The van der Waals surface area contributed by atoms with Gasteiger partial charge in [-0.1, -0.05) is 23.8 Å². The summed E-state index contributed by atoms with van der Waals surface area (Å²) in [5.41, 5.74) is 4.39. The van der Waals surface area contributed by atoms with Gasteiger partial charge < -0.3 is 5.32 Å². The molecule has 0 aromatic heterocycles. The summed E-state index contributed by atoms with van der Waals surface area (Å²) in [4.78, 5) is 0. The van der Waals surface area contributed by atoms with Gasteiger partial charge in [-0.05, 0) is 37.8 Å². The zero-order chi connectivity index (χ0) is 9.26. The Bertz CT molecular complexity index is 304. The van der Waals surface area contributed by atoms with Gasteiger partial charge in [-0.15, -0.1) is 0 Å². The minimum atomic E-state index is 0.660. The van der Waals surface area contributed by atoms with E-state index < -0.39 is 0 Å². The standard InChI is InChI=1S/C12H17N/c1-9-3-5-11-6-4-10(2)13-8-12(11)7-9/h3,5,7,10,13H,4,6,8H2,1-2H3. The first-order chi connectivity index (χ1) is 6.25. The van der Waals surface area contributed by atoms with Crippen LogP contribution in [0, 0.1) is 6.92 Å². The smallest absolute Gasteiger partial charge is 0.0210 e. The van der Waals surface area contributed by atoms with Gasteiger partial charge in [0.05, 0.1) is 0 Å². The summed E-state index contributed by atoms with van der Waals surface area (Å²) in [6, 6.07) is 7.47. The second-order valence-electron chi connectivity index (χ2n) is 4.09. The van der Waals surface area contributed by atoms with E-state index in [4.69, 9.17) is 0 Å². The Morgan fingerprint density at radius 2 is 2.15 bits per heavy atom. The van der Waals surface area contributed by atoms with Gasteiger partial charge in [-0.25, -0.2) is 0 Å². The number of aryl methyl sites for hydroxylation is 2. The van der Waals surface area contributed by atoms with Crippen molar-refractivity contribution in [2.45, 2.75) is 39.3 Å². The lowest BCUT2D eigenvalue weighted by molar-refractivity contribution is 0.534. The van der Waals surface area contributed by atoms with Crippen LogP contribution < -0.4 is 5.32 Å². The van der Waals surface area contributed by atoms with Crippen molar-refractivity contribution < 1.29 is 0 Å². The second kappa shape index (κ2) is 3.51. The molecule has 1 aliphatic heterocycles. The Hall–Kier alpha value is -0.820. The van der Waals surface area contributed by atoms with Crippen molar-refractivity contribution in [3.63, 3.8) is 0 Å². The van der Waals surface area contributed by atoms with E-state index in [9.17, 15) is 0 Å². The molecular weight excluding hydrogens is 158 g/mol. The molecule has 1 heterocycles. The normalized spacial score (nSPS) is 22.2. The van der Waals surface area contributed by atoms with E-state index in [1.165, 1.54) is 29.5 Å². The summed E-state index contributed by atoms with van der Waals surface area (Å²) < 4.78 is 0. The number of hydrogen-bond acceptors (Lipinski definition) is 1. The summed E-state index contributed by atoms with van der Waals surface area (Å²) >= 11 is 0. The van der Waals surface area contributed by atoms with Crippen molar-refractivity contribution in [1.82, 2.24) is 5.32 Å². The van der Waals surface area contributed by atoms with Gasteiger partial charge in [-0.3, -0.25) is 0 Å². The average molecular weight is 175 g/mol. The maximum atomic E-state index is 3.53. The fraction of sp³-hybridized carbons (Fsp3) is 0.500. The molecule has 1 aromatic rings. The number of fused-ring (bicyclic) bond motifs is 1. The van der Waals surface area contributed by atoms with Gasteiger partial charge in [-0.2, -0.15) is 0 Å². The number of rotatable bonds is 0.